The number of hydrogen-bond acceptors (Lipinski definition) is 9. The normalized spacial score (nSPS) is 16.3. The summed E-state index contributed by atoms with van der Waals surface area (Å²) in [6.07, 6.45) is 5.47. The van der Waals surface area contributed by atoms with E-state index in [9.17, 15) is 4.79 Å². The fourth-order valence-corrected chi connectivity index (χ4v) is 4.42. The number of likely N-dealkylation sites (tertiary alicyclic amines) is 1. The second-order valence-corrected chi connectivity index (χ2v) is 8.52. The Labute approximate surface area is 190 Å². The van der Waals surface area contributed by atoms with E-state index in [4.69, 9.17) is 5.26 Å². The zero-order valence-electron chi connectivity index (χ0n) is 17.8. The van der Waals surface area contributed by atoms with Crippen LogP contribution in [0.2, 0.25) is 0 Å². The molecule has 1 amide bonds. The van der Waals surface area contributed by atoms with Crippen LogP contribution in [0.4, 0.5) is 10.9 Å². The van der Waals surface area contributed by atoms with Gasteiger partial charge in [-0.05, 0) is 44.0 Å². The van der Waals surface area contributed by atoms with E-state index in [1.807, 2.05) is 25.1 Å². The second kappa shape index (κ2) is 10.3. The predicted octanol–water partition coefficient (Wildman–Crippen LogP) is 3.01. The Balaban J connectivity index is 1.41. The number of carbonyl (C=O) groups excluding carboxylic acids is 1. The quantitative estimate of drug-likeness (QED) is 0.529. The first-order valence-electron chi connectivity index (χ1n) is 10.5. The number of pyridine rings is 1. The van der Waals surface area contributed by atoms with Crippen molar-refractivity contribution >= 4 is 28.2 Å². The van der Waals surface area contributed by atoms with Crippen LogP contribution in [0, 0.1) is 18.3 Å². The fraction of sp³-hybridized carbons (Fsp3) is 0.364. The Morgan fingerprint density at radius 1 is 1.31 bits per heavy atom. The summed E-state index contributed by atoms with van der Waals surface area (Å²) in [5, 5.41) is 17.4. The number of amides is 1. The molecular weight excluding hydrogens is 424 g/mol. The van der Waals surface area contributed by atoms with Gasteiger partial charge in [0.2, 0.25) is 0 Å². The number of thiazole rings is 1. The third kappa shape index (κ3) is 5.63. The Morgan fingerprint density at radius 3 is 2.97 bits per heavy atom. The summed E-state index contributed by atoms with van der Waals surface area (Å²) in [6.45, 7) is 4.49. The highest BCUT2D eigenvalue weighted by Crippen LogP contribution is 2.28. The summed E-state index contributed by atoms with van der Waals surface area (Å²) in [7, 11) is 0. The third-order valence-electron chi connectivity index (χ3n) is 5.25. The van der Waals surface area contributed by atoms with Crippen LogP contribution in [-0.4, -0.2) is 50.4 Å². The lowest BCUT2D eigenvalue weighted by atomic mass is 9.94. The highest BCUT2D eigenvalue weighted by molar-refractivity contribution is 7.14. The summed E-state index contributed by atoms with van der Waals surface area (Å²) in [6, 6.07) is 7.89. The van der Waals surface area contributed by atoms with Crippen LogP contribution >= 0.6 is 11.3 Å². The molecule has 0 radical (unpaired) electrons. The maximum atomic E-state index is 12.4. The van der Waals surface area contributed by atoms with Gasteiger partial charge in [0, 0.05) is 42.8 Å². The van der Waals surface area contributed by atoms with Gasteiger partial charge in [0.1, 0.15) is 17.3 Å². The Kier molecular flexibility index (Phi) is 6.99. The molecule has 1 unspecified atom stereocenters. The van der Waals surface area contributed by atoms with Gasteiger partial charge in [0.15, 0.2) is 5.13 Å². The molecule has 10 heteroatoms. The highest BCUT2D eigenvalue weighted by Gasteiger charge is 2.23. The number of aryl methyl sites for hydroxylation is 1. The molecule has 4 rings (SSSR count). The fourth-order valence-electron chi connectivity index (χ4n) is 3.72. The summed E-state index contributed by atoms with van der Waals surface area (Å²) >= 11 is 1.35. The molecule has 164 valence electrons. The number of hydrogen-bond donors (Lipinski definition) is 2. The van der Waals surface area contributed by atoms with E-state index in [-0.39, 0.29) is 11.8 Å². The van der Waals surface area contributed by atoms with Crippen molar-refractivity contribution in [3.8, 4) is 6.07 Å². The van der Waals surface area contributed by atoms with Gasteiger partial charge in [-0.2, -0.15) is 5.26 Å². The number of nitriles is 1. The van der Waals surface area contributed by atoms with Crippen molar-refractivity contribution in [1.82, 2.24) is 30.2 Å². The van der Waals surface area contributed by atoms with Gasteiger partial charge in [0.05, 0.1) is 18.3 Å². The monoisotopic (exact) mass is 448 g/mol. The van der Waals surface area contributed by atoms with E-state index in [0.29, 0.717) is 35.6 Å². The molecule has 4 heterocycles. The maximum absolute atomic E-state index is 12.4. The van der Waals surface area contributed by atoms with Crippen LogP contribution in [0.1, 0.15) is 46.3 Å². The second-order valence-electron chi connectivity index (χ2n) is 7.66. The predicted molar refractivity (Wildman–Crippen MR) is 122 cm³/mol. The number of rotatable bonds is 7. The Bertz CT molecular complexity index is 1110. The average Bonchev–Trinajstić information content (AvgIpc) is 3.27. The van der Waals surface area contributed by atoms with Crippen molar-refractivity contribution in [2.45, 2.75) is 32.2 Å². The molecule has 9 nitrogen and oxygen atoms in total. The number of aromatic nitrogens is 4. The SMILES string of the molecule is Cc1nc(Nc2nc(C(=O)NCc3ccncc3)cs2)cc(C2CCCN(CC#N)C2)n1. The van der Waals surface area contributed by atoms with Gasteiger partial charge in [-0.25, -0.2) is 15.0 Å². The first-order valence-corrected chi connectivity index (χ1v) is 11.3. The molecular formula is C22H24N8OS. The lowest BCUT2D eigenvalue weighted by Gasteiger charge is -2.30. The van der Waals surface area contributed by atoms with E-state index in [1.54, 1.807) is 17.8 Å². The summed E-state index contributed by atoms with van der Waals surface area (Å²) in [5.41, 5.74) is 2.30. The molecule has 0 aliphatic carbocycles. The largest absolute Gasteiger partial charge is 0.347 e. The van der Waals surface area contributed by atoms with Gasteiger partial charge in [-0.3, -0.25) is 14.7 Å². The first-order chi connectivity index (χ1) is 15.6. The molecule has 1 aliphatic rings. The Morgan fingerprint density at radius 2 is 2.16 bits per heavy atom. The van der Waals surface area contributed by atoms with Gasteiger partial charge < -0.3 is 10.6 Å². The average molecular weight is 449 g/mol. The lowest BCUT2D eigenvalue weighted by molar-refractivity contribution is 0.0946. The molecule has 1 aliphatic heterocycles. The molecule has 0 spiro atoms. The van der Waals surface area contributed by atoms with Gasteiger partial charge in [-0.1, -0.05) is 0 Å². The van der Waals surface area contributed by atoms with Crippen molar-refractivity contribution in [1.29, 1.82) is 5.26 Å². The highest BCUT2D eigenvalue weighted by atomic mass is 32.1. The minimum absolute atomic E-state index is 0.231. The van der Waals surface area contributed by atoms with Crippen molar-refractivity contribution in [3.63, 3.8) is 0 Å². The molecule has 3 aromatic rings. The summed E-state index contributed by atoms with van der Waals surface area (Å²) < 4.78 is 0. The van der Waals surface area contributed by atoms with Gasteiger partial charge in [-0.15, -0.1) is 11.3 Å². The number of anilines is 2. The van der Waals surface area contributed by atoms with Crippen LogP contribution in [0.15, 0.2) is 36.0 Å². The van der Waals surface area contributed by atoms with Gasteiger partial charge in [0.25, 0.3) is 5.91 Å². The summed E-state index contributed by atoms with van der Waals surface area (Å²) in [4.78, 5) is 32.1. The topological polar surface area (TPSA) is 120 Å². The lowest BCUT2D eigenvalue weighted by Crippen LogP contribution is -2.35. The first kappa shape index (κ1) is 21.8. The minimum atomic E-state index is -0.231. The maximum Gasteiger partial charge on any atom is 0.271 e. The minimum Gasteiger partial charge on any atom is -0.347 e. The number of carbonyl (C=O) groups is 1. The zero-order chi connectivity index (χ0) is 22.3. The van der Waals surface area contributed by atoms with Crippen LogP contribution in [0.3, 0.4) is 0 Å². The van der Waals surface area contributed by atoms with Crippen molar-refractivity contribution in [2.24, 2.45) is 0 Å². The van der Waals surface area contributed by atoms with Crippen molar-refractivity contribution in [2.75, 3.05) is 25.0 Å². The zero-order valence-corrected chi connectivity index (χ0v) is 18.6. The van der Waals surface area contributed by atoms with E-state index in [2.05, 4.69) is 41.5 Å². The molecule has 32 heavy (non-hydrogen) atoms. The van der Waals surface area contributed by atoms with Crippen LogP contribution in [0.25, 0.3) is 0 Å². The third-order valence-corrected chi connectivity index (χ3v) is 6.01. The molecule has 1 fully saturated rings. The molecule has 0 aromatic carbocycles. The summed E-state index contributed by atoms with van der Waals surface area (Å²) in [5.74, 6) is 1.37. The number of nitrogens with zero attached hydrogens (tertiary/aromatic N) is 6. The van der Waals surface area contributed by atoms with E-state index >= 15 is 0 Å². The van der Waals surface area contributed by atoms with Crippen LogP contribution in [0.5, 0.6) is 0 Å². The van der Waals surface area contributed by atoms with Crippen molar-refractivity contribution in [3.05, 3.63) is 58.7 Å². The molecule has 1 atom stereocenters. The molecule has 0 saturated carbocycles. The van der Waals surface area contributed by atoms with E-state index in [1.165, 1.54) is 11.3 Å². The van der Waals surface area contributed by atoms with E-state index < -0.39 is 0 Å². The van der Waals surface area contributed by atoms with Gasteiger partial charge >= 0.3 is 0 Å². The molecule has 3 aromatic heterocycles. The smallest absolute Gasteiger partial charge is 0.271 e. The molecule has 1 saturated heterocycles. The Hall–Kier alpha value is -3.42. The van der Waals surface area contributed by atoms with Crippen LogP contribution < -0.4 is 10.6 Å². The molecule has 0 bridgehead atoms. The van der Waals surface area contributed by atoms with Crippen molar-refractivity contribution < 1.29 is 4.79 Å². The van der Waals surface area contributed by atoms with Crippen LogP contribution in [-0.2, 0) is 6.54 Å². The number of piperidine rings is 1. The number of nitrogens with one attached hydrogen (secondary N) is 2. The molecule has 2 N–H and O–H groups in total. The van der Waals surface area contributed by atoms with E-state index in [0.717, 1.165) is 37.2 Å². The standard InChI is InChI=1S/C22H24N8OS/c1-15-26-18(17-3-2-9-30(13-17)10-6-23)11-20(27-15)29-22-28-19(14-32-22)21(31)25-12-16-4-7-24-8-5-16/h4-5,7-8,11,14,17H,2-3,9-10,12-13H2,1H3,(H,25,31)(H,26,27,28,29).